The minimum Gasteiger partial charge on any atom is -0.337 e. The van der Waals surface area contributed by atoms with Crippen LogP contribution in [0.1, 0.15) is 11.3 Å². The maximum Gasteiger partial charge on any atom is 0.183 e. The first-order valence-corrected chi connectivity index (χ1v) is 5.30. The molecule has 6 heteroatoms. The molecule has 0 amide bonds. The van der Waals surface area contributed by atoms with E-state index in [1.165, 1.54) is 12.4 Å². The fourth-order valence-corrected chi connectivity index (χ4v) is 1.53. The van der Waals surface area contributed by atoms with Gasteiger partial charge >= 0.3 is 0 Å². The van der Waals surface area contributed by atoms with E-state index in [1.54, 1.807) is 18.2 Å². The maximum absolute atomic E-state index is 8.98. The summed E-state index contributed by atoms with van der Waals surface area (Å²) >= 11 is 5.86. The van der Waals surface area contributed by atoms with Gasteiger partial charge in [-0.15, -0.1) is 0 Å². The average Bonchev–Trinajstić information content (AvgIpc) is 2.40. The first-order valence-electron chi connectivity index (χ1n) is 4.92. The third-order valence-electron chi connectivity index (χ3n) is 2.16. The van der Waals surface area contributed by atoms with Crippen LogP contribution >= 0.6 is 11.6 Å². The van der Waals surface area contributed by atoms with Gasteiger partial charge in [-0.05, 0) is 18.2 Å². The van der Waals surface area contributed by atoms with E-state index < -0.39 is 0 Å². The van der Waals surface area contributed by atoms with E-state index in [-0.39, 0.29) is 5.69 Å². The molecule has 86 valence electrons. The summed E-state index contributed by atoms with van der Waals surface area (Å²) in [6.07, 6.45) is 2.88. The third-order valence-corrected chi connectivity index (χ3v) is 2.39. The summed E-state index contributed by atoms with van der Waals surface area (Å²) in [5.41, 5.74) is 1.05. The number of halogens is 1. The second-order valence-corrected chi connectivity index (χ2v) is 3.73. The van der Waals surface area contributed by atoms with Gasteiger partial charge in [0.05, 0.1) is 11.3 Å². The zero-order chi connectivity index (χ0) is 13.0. The Morgan fingerprint density at radius 1 is 1.11 bits per heavy atom. The molecule has 0 aliphatic carbocycles. The molecule has 18 heavy (non-hydrogen) atoms. The number of aromatic nitrogens is 2. The summed E-state index contributed by atoms with van der Waals surface area (Å²) in [4.78, 5) is 7.87. The molecule has 0 spiro atoms. The van der Waals surface area contributed by atoms with Crippen LogP contribution in [0.4, 0.5) is 11.5 Å². The van der Waals surface area contributed by atoms with Crippen LogP contribution in [0.25, 0.3) is 0 Å². The SMILES string of the molecule is N#Cc1ccc(Cl)cc1Nc1nccnc1C#N. The summed E-state index contributed by atoms with van der Waals surface area (Å²) in [6, 6.07) is 8.75. The number of rotatable bonds is 2. The van der Waals surface area contributed by atoms with Crippen LogP contribution in [-0.4, -0.2) is 9.97 Å². The van der Waals surface area contributed by atoms with Gasteiger partial charge in [0.2, 0.25) is 0 Å². The third kappa shape index (κ3) is 2.37. The minimum absolute atomic E-state index is 0.154. The van der Waals surface area contributed by atoms with Crippen molar-refractivity contribution >= 4 is 23.1 Å². The first kappa shape index (κ1) is 11.8. The predicted molar refractivity (Wildman–Crippen MR) is 66.2 cm³/mol. The van der Waals surface area contributed by atoms with Crippen LogP contribution in [0, 0.1) is 22.7 Å². The highest BCUT2D eigenvalue weighted by molar-refractivity contribution is 6.30. The van der Waals surface area contributed by atoms with Crippen molar-refractivity contribution in [2.24, 2.45) is 0 Å². The second kappa shape index (κ2) is 5.13. The van der Waals surface area contributed by atoms with Gasteiger partial charge in [-0.3, -0.25) is 0 Å². The largest absolute Gasteiger partial charge is 0.337 e. The lowest BCUT2D eigenvalue weighted by Gasteiger charge is -2.08. The van der Waals surface area contributed by atoms with Crippen LogP contribution in [-0.2, 0) is 0 Å². The highest BCUT2D eigenvalue weighted by atomic mass is 35.5. The molecule has 0 atom stereocenters. The van der Waals surface area contributed by atoms with Crippen LogP contribution in [0.3, 0.4) is 0 Å². The Hall–Kier alpha value is -2.63. The normalized spacial score (nSPS) is 9.28. The zero-order valence-corrected chi connectivity index (χ0v) is 9.81. The number of nitrogens with one attached hydrogen (secondary N) is 1. The van der Waals surface area contributed by atoms with Gasteiger partial charge in [-0.25, -0.2) is 9.97 Å². The molecule has 0 radical (unpaired) electrons. The fourth-order valence-electron chi connectivity index (χ4n) is 1.36. The van der Waals surface area contributed by atoms with Crippen molar-refractivity contribution in [1.82, 2.24) is 9.97 Å². The summed E-state index contributed by atoms with van der Waals surface area (Å²) in [5, 5.41) is 21.2. The van der Waals surface area contributed by atoms with Crippen LogP contribution in [0.5, 0.6) is 0 Å². The molecule has 0 saturated heterocycles. The first-order chi connectivity index (χ1) is 8.74. The Morgan fingerprint density at radius 3 is 2.61 bits per heavy atom. The second-order valence-electron chi connectivity index (χ2n) is 3.29. The number of benzene rings is 1. The lowest BCUT2D eigenvalue weighted by Crippen LogP contribution is -2.00. The molecule has 0 fully saturated rings. The minimum atomic E-state index is 0.154. The number of hydrogen-bond donors (Lipinski definition) is 1. The van der Waals surface area contributed by atoms with Gasteiger partial charge in [0.1, 0.15) is 12.1 Å². The topological polar surface area (TPSA) is 85.4 Å². The Balaban J connectivity index is 2.44. The molecule has 1 N–H and O–H groups in total. The van der Waals surface area contributed by atoms with E-state index >= 15 is 0 Å². The van der Waals surface area contributed by atoms with Gasteiger partial charge in [0, 0.05) is 17.4 Å². The van der Waals surface area contributed by atoms with Gasteiger partial charge in [0.25, 0.3) is 0 Å². The van der Waals surface area contributed by atoms with Crippen molar-refractivity contribution in [1.29, 1.82) is 10.5 Å². The van der Waals surface area contributed by atoms with E-state index in [0.29, 0.717) is 22.1 Å². The molecule has 0 aliphatic rings. The van der Waals surface area contributed by atoms with Gasteiger partial charge < -0.3 is 5.32 Å². The quantitative estimate of drug-likeness (QED) is 0.891. The Kier molecular flexibility index (Phi) is 3.38. The molecule has 2 aromatic rings. The number of nitriles is 2. The molecule has 1 aromatic heterocycles. The fraction of sp³-hybridized carbons (Fsp3) is 0. The highest BCUT2D eigenvalue weighted by Crippen LogP contribution is 2.24. The van der Waals surface area contributed by atoms with Crippen molar-refractivity contribution in [3.8, 4) is 12.1 Å². The van der Waals surface area contributed by atoms with Crippen molar-refractivity contribution in [2.45, 2.75) is 0 Å². The number of anilines is 2. The monoisotopic (exact) mass is 255 g/mol. The zero-order valence-electron chi connectivity index (χ0n) is 9.05. The molecule has 0 bridgehead atoms. The molecule has 5 nitrogen and oxygen atoms in total. The van der Waals surface area contributed by atoms with E-state index in [2.05, 4.69) is 15.3 Å². The summed E-state index contributed by atoms with van der Waals surface area (Å²) in [5.74, 6) is 0.291. The predicted octanol–water partition coefficient (Wildman–Crippen LogP) is 2.62. The van der Waals surface area contributed by atoms with Crippen molar-refractivity contribution in [3.05, 3.63) is 46.9 Å². The summed E-state index contributed by atoms with van der Waals surface area (Å²) < 4.78 is 0. The number of hydrogen-bond acceptors (Lipinski definition) is 5. The molecule has 1 heterocycles. The van der Waals surface area contributed by atoms with Crippen LogP contribution in [0.15, 0.2) is 30.6 Å². The van der Waals surface area contributed by atoms with Crippen LogP contribution in [0.2, 0.25) is 5.02 Å². The van der Waals surface area contributed by atoms with Crippen molar-refractivity contribution < 1.29 is 0 Å². The molecule has 1 aromatic carbocycles. The maximum atomic E-state index is 8.98. The van der Waals surface area contributed by atoms with Gasteiger partial charge in [-0.2, -0.15) is 10.5 Å². The summed E-state index contributed by atoms with van der Waals surface area (Å²) in [6.45, 7) is 0. The Morgan fingerprint density at radius 2 is 1.89 bits per heavy atom. The van der Waals surface area contributed by atoms with Crippen LogP contribution < -0.4 is 5.32 Å². The number of nitrogens with zero attached hydrogens (tertiary/aromatic N) is 4. The Labute approximate surface area is 108 Å². The highest BCUT2D eigenvalue weighted by Gasteiger charge is 2.08. The molecular formula is C12H6ClN5. The lowest BCUT2D eigenvalue weighted by atomic mass is 10.2. The molecule has 0 saturated carbocycles. The molecule has 2 rings (SSSR count). The van der Waals surface area contributed by atoms with Crippen molar-refractivity contribution in [2.75, 3.05) is 5.32 Å². The van der Waals surface area contributed by atoms with E-state index in [9.17, 15) is 0 Å². The van der Waals surface area contributed by atoms with Crippen molar-refractivity contribution in [3.63, 3.8) is 0 Å². The summed E-state index contributed by atoms with van der Waals surface area (Å²) in [7, 11) is 0. The standard InChI is InChI=1S/C12H6ClN5/c13-9-2-1-8(6-14)10(5-9)18-12-11(7-15)16-3-4-17-12/h1-5H,(H,17,18). The van der Waals surface area contributed by atoms with Gasteiger partial charge in [-0.1, -0.05) is 11.6 Å². The Bertz CT molecular complexity index is 669. The van der Waals surface area contributed by atoms with E-state index in [1.807, 2.05) is 12.1 Å². The molecule has 0 aliphatic heterocycles. The molecular weight excluding hydrogens is 250 g/mol. The van der Waals surface area contributed by atoms with E-state index in [0.717, 1.165) is 0 Å². The van der Waals surface area contributed by atoms with Gasteiger partial charge in [0.15, 0.2) is 11.5 Å². The smallest absolute Gasteiger partial charge is 0.183 e. The average molecular weight is 256 g/mol. The molecule has 0 unspecified atom stereocenters. The van der Waals surface area contributed by atoms with E-state index in [4.69, 9.17) is 22.1 Å². The lowest BCUT2D eigenvalue weighted by molar-refractivity contribution is 1.16.